The van der Waals surface area contributed by atoms with E-state index in [1.165, 1.54) is 10.6 Å². The highest BCUT2D eigenvalue weighted by Crippen LogP contribution is 2.18. The first-order chi connectivity index (χ1) is 10.2. The van der Waals surface area contributed by atoms with Gasteiger partial charge in [0.25, 0.3) is 5.91 Å². The highest BCUT2D eigenvalue weighted by Gasteiger charge is 2.22. The van der Waals surface area contributed by atoms with E-state index in [2.05, 4.69) is 28.3 Å². The molecule has 0 saturated carbocycles. The second kappa shape index (κ2) is 7.55. The predicted molar refractivity (Wildman–Crippen MR) is 82.6 cm³/mol. The number of nitrogens with one attached hydrogen (secondary N) is 2. The van der Waals surface area contributed by atoms with E-state index in [1.807, 2.05) is 12.1 Å². The number of quaternary nitrogens is 1. The maximum atomic E-state index is 11.6. The monoisotopic (exact) mass is 288 g/mol. The van der Waals surface area contributed by atoms with Gasteiger partial charge in [-0.25, -0.2) is 0 Å². The molecule has 5 heteroatoms. The molecule has 1 heterocycles. The Morgan fingerprint density at radius 3 is 2.62 bits per heavy atom. The van der Waals surface area contributed by atoms with Crippen LogP contribution in [0.5, 0.6) is 5.75 Å². The van der Waals surface area contributed by atoms with Gasteiger partial charge in [-0.1, -0.05) is 5.92 Å². The maximum absolute atomic E-state index is 11.6. The molecule has 1 aromatic rings. The molecule has 2 N–H and O–H groups in total. The number of piperazine rings is 1. The summed E-state index contributed by atoms with van der Waals surface area (Å²) in [5, 5.41) is 2.71. The fourth-order valence-corrected chi connectivity index (χ4v) is 2.49. The highest BCUT2D eigenvalue weighted by atomic mass is 16.5. The smallest absolute Gasteiger partial charge is 0.275 e. The number of amides is 1. The van der Waals surface area contributed by atoms with Gasteiger partial charge in [0.1, 0.15) is 5.75 Å². The number of rotatable bonds is 5. The Balaban J connectivity index is 1.80. The van der Waals surface area contributed by atoms with Crippen molar-refractivity contribution in [2.24, 2.45) is 0 Å². The van der Waals surface area contributed by atoms with E-state index in [0.717, 1.165) is 31.9 Å². The summed E-state index contributed by atoms with van der Waals surface area (Å²) in [5.41, 5.74) is 1.20. The van der Waals surface area contributed by atoms with Crippen molar-refractivity contribution in [2.75, 3.05) is 51.3 Å². The first kappa shape index (κ1) is 15.2. The summed E-state index contributed by atoms with van der Waals surface area (Å²) in [5.74, 6) is 3.31. The molecule has 0 aromatic heterocycles. The highest BCUT2D eigenvalue weighted by molar-refractivity contribution is 5.77. The lowest BCUT2D eigenvalue weighted by Gasteiger charge is -2.33. The van der Waals surface area contributed by atoms with Crippen LogP contribution in [0, 0.1) is 12.3 Å². The van der Waals surface area contributed by atoms with Gasteiger partial charge in [-0.15, -0.1) is 6.42 Å². The Kier molecular flexibility index (Phi) is 5.47. The van der Waals surface area contributed by atoms with Crippen LogP contribution in [0.1, 0.15) is 0 Å². The number of anilines is 1. The lowest BCUT2D eigenvalue weighted by molar-refractivity contribution is -0.892. The summed E-state index contributed by atoms with van der Waals surface area (Å²) >= 11 is 0. The van der Waals surface area contributed by atoms with Gasteiger partial charge in [-0.3, -0.25) is 4.79 Å². The van der Waals surface area contributed by atoms with Gasteiger partial charge in [0.2, 0.25) is 0 Å². The number of hydrogen-bond donors (Lipinski definition) is 2. The SMILES string of the molecule is C#CCNC(=O)C[NH+]1CCN(c2ccc(OC)cc2)CC1. The number of carbonyl (C=O) groups is 1. The fourth-order valence-electron chi connectivity index (χ4n) is 2.49. The largest absolute Gasteiger partial charge is 0.497 e. The molecule has 1 amide bonds. The number of methoxy groups -OCH3 is 1. The summed E-state index contributed by atoms with van der Waals surface area (Å²) in [7, 11) is 1.67. The number of terminal acetylenes is 1. The first-order valence-corrected chi connectivity index (χ1v) is 7.15. The van der Waals surface area contributed by atoms with Crippen LogP contribution in [-0.2, 0) is 4.79 Å². The number of nitrogens with zero attached hydrogens (tertiary/aromatic N) is 1. The Labute approximate surface area is 125 Å². The van der Waals surface area contributed by atoms with Crippen LogP contribution in [-0.4, -0.2) is 52.3 Å². The quantitative estimate of drug-likeness (QED) is 0.694. The maximum Gasteiger partial charge on any atom is 0.275 e. The minimum Gasteiger partial charge on any atom is -0.497 e. The molecule has 0 bridgehead atoms. The summed E-state index contributed by atoms with van der Waals surface area (Å²) in [6.45, 7) is 4.61. The van der Waals surface area contributed by atoms with Crippen molar-refractivity contribution in [3.8, 4) is 18.1 Å². The molecule has 5 nitrogen and oxygen atoms in total. The third-order valence-electron chi connectivity index (χ3n) is 3.71. The third kappa shape index (κ3) is 4.40. The Morgan fingerprint density at radius 2 is 2.05 bits per heavy atom. The van der Waals surface area contributed by atoms with Gasteiger partial charge in [0, 0.05) is 5.69 Å². The van der Waals surface area contributed by atoms with Crippen molar-refractivity contribution in [1.29, 1.82) is 0 Å². The van der Waals surface area contributed by atoms with E-state index in [-0.39, 0.29) is 5.91 Å². The Hall–Kier alpha value is -2.19. The molecule has 1 aliphatic rings. The molecule has 112 valence electrons. The van der Waals surface area contributed by atoms with E-state index < -0.39 is 0 Å². The number of hydrogen-bond acceptors (Lipinski definition) is 3. The van der Waals surface area contributed by atoms with Crippen LogP contribution in [0.2, 0.25) is 0 Å². The zero-order valence-electron chi connectivity index (χ0n) is 12.4. The minimum atomic E-state index is 0.0286. The molecule has 1 saturated heterocycles. The molecule has 2 rings (SSSR count). The number of benzene rings is 1. The normalized spacial score (nSPS) is 15.3. The molecule has 0 atom stereocenters. The molecular formula is C16H22N3O2+. The zero-order chi connectivity index (χ0) is 15.1. The molecule has 0 radical (unpaired) electrons. The summed E-state index contributed by atoms with van der Waals surface area (Å²) in [4.78, 5) is 15.3. The molecule has 1 fully saturated rings. The van der Waals surface area contributed by atoms with E-state index in [0.29, 0.717) is 13.1 Å². The van der Waals surface area contributed by atoms with E-state index >= 15 is 0 Å². The van der Waals surface area contributed by atoms with Crippen molar-refractivity contribution in [2.45, 2.75) is 0 Å². The van der Waals surface area contributed by atoms with Crippen LogP contribution < -0.4 is 19.9 Å². The summed E-state index contributed by atoms with van der Waals surface area (Å²) in [6.07, 6.45) is 5.13. The fraction of sp³-hybridized carbons (Fsp3) is 0.438. The third-order valence-corrected chi connectivity index (χ3v) is 3.71. The standard InChI is InChI=1S/C16H21N3O2/c1-3-8-17-16(20)13-18-9-11-19(12-10-18)14-4-6-15(21-2)7-5-14/h1,4-7H,8-13H2,2H3,(H,17,20)/p+1. The van der Waals surface area contributed by atoms with Gasteiger partial charge in [-0.05, 0) is 24.3 Å². The molecule has 21 heavy (non-hydrogen) atoms. The molecule has 1 aliphatic heterocycles. The van der Waals surface area contributed by atoms with Crippen molar-refractivity contribution in [3.63, 3.8) is 0 Å². The second-order valence-electron chi connectivity index (χ2n) is 5.09. The van der Waals surface area contributed by atoms with Gasteiger partial charge in [0.05, 0.1) is 39.8 Å². The van der Waals surface area contributed by atoms with Gasteiger partial charge in [0.15, 0.2) is 6.54 Å². The number of carbonyl (C=O) groups excluding carboxylic acids is 1. The Bertz CT molecular complexity index is 499. The molecular weight excluding hydrogens is 266 g/mol. The van der Waals surface area contributed by atoms with Crippen molar-refractivity contribution in [1.82, 2.24) is 5.32 Å². The van der Waals surface area contributed by atoms with Crippen LogP contribution in [0.4, 0.5) is 5.69 Å². The van der Waals surface area contributed by atoms with Gasteiger partial charge in [-0.2, -0.15) is 0 Å². The predicted octanol–water partition coefficient (Wildman–Crippen LogP) is -0.850. The van der Waals surface area contributed by atoms with Crippen LogP contribution >= 0.6 is 0 Å². The molecule has 0 spiro atoms. The summed E-state index contributed by atoms with van der Waals surface area (Å²) < 4.78 is 5.17. The van der Waals surface area contributed by atoms with E-state index in [4.69, 9.17) is 11.2 Å². The second-order valence-corrected chi connectivity index (χ2v) is 5.09. The van der Waals surface area contributed by atoms with E-state index in [1.54, 1.807) is 7.11 Å². The minimum absolute atomic E-state index is 0.0286. The van der Waals surface area contributed by atoms with Crippen LogP contribution in [0.25, 0.3) is 0 Å². The Morgan fingerprint density at radius 1 is 1.38 bits per heavy atom. The summed E-state index contributed by atoms with van der Waals surface area (Å²) in [6, 6.07) is 8.09. The van der Waals surface area contributed by atoms with Gasteiger partial charge >= 0.3 is 0 Å². The lowest BCUT2D eigenvalue weighted by atomic mass is 10.2. The lowest BCUT2D eigenvalue weighted by Crippen LogP contribution is -3.15. The first-order valence-electron chi connectivity index (χ1n) is 7.15. The molecule has 0 unspecified atom stereocenters. The van der Waals surface area contributed by atoms with Gasteiger partial charge < -0.3 is 19.9 Å². The van der Waals surface area contributed by atoms with Crippen molar-refractivity contribution >= 4 is 11.6 Å². The van der Waals surface area contributed by atoms with Crippen LogP contribution in [0.3, 0.4) is 0 Å². The van der Waals surface area contributed by atoms with Crippen LogP contribution in [0.15, 0.2) is 24.3 Å². The van der Waals surface area contributed by atoms with E-state index in [9.17, 15) is 4.79 Å². The van der Waals surface area contributed by atoms with Crippen molar-refractivity contribution in [3.05, 3.63) is 24.3 Å². The zero-order valence-corrected chi connectivity index (χ0v) is 12.4. The van der Waals surface area contributed by atoms with Crippen molar-refractivity contribution < 1.29 is 14.4 Å². The topological polar surface area (TPSA) is 46.0 Å². The average Bonchev–Trinajstić information content (AvgIpc) is 2.54. The number of ether oxygens (including phenoxy) is 1. The molecule has 0 aliphatic carbocycles. The molecule has 1 aromatic carbocycles. The average molecular weight is 288 g/mol.